The molecule has 1 fully saturated rings. The molecule has 1 unspecified atom stereocenters. The number of halogens is 1. The van der Waals surface area contributed by atoms with Crippen molar-refractivity contribution in [3.63, 3.8) is 0 Å². The summed E-state index contributed by atoms with van der Waals surface area (Å²) in [5.74, 6) is 1.72. The van der Waals surface area contributed by atoms with Gasteiger partial charge in [0.25, 0.3) is 5.56 Å². The average Bonchev–Trinajstić information content (AvgIpc) is 3.15. The Morgan fingerprint density at radius 3 is 2.78 bits per heavy atom. The number of hydrogen-bond acceptors (Lipinski definition) is 5. The highest BCUT2D eigenvalue weighted by Gasteiger charge is 2.34. The van der Waals surface area contributed by atoms with E-state index >= 15 is 0 Å². The van der Waals surface area contributed by atoms with Gasteiger partial charge in [0.2, 0.25) is 11.8 Å². The predicted octanol–water partition coefficient (Wildman–Crippen LogP) is 3.00. The van der Waals surface area contributed by atoms with Crippen molar-refractivity contribution < 1.29 is 9.59 Å². The highest BCUT2D eigenvalue weighted by atomic mass is 79.9. The van der Waals surface area contributed by atoms with Crippen LogP contribution in [0.15, 0.2) is 63.0 Å². The van der Waals surface area contributed by atoms with Gasteiger partial charge in [0.15, 0.2) is 5.16 Å². The maximum Gasteiger partial charge on any atom is 0.281 e. The molecular formula is C23H19BrN4O3S. The van der Waals surface area contributed by atoms with Gasteiger partial charge in [0, 0.05) is 24.0 Å². The molecule has 4 rings (SSSR count). The summed E-state index contributed by atoms with van der Waals surface area (Å²) in [5.41, 5.74) is 3.76. The van der Waals surface area contributed by atoms with E-state index in [0.29, 0.717) is 17.4 Å². The molecule has 0 spiro atoms. The molecule has 0 saturated carbocycles. The number of terminal acetylenes is 1. The van der Waals surface area contributed by atoms with E-state index in [4.69, 9.17) is 6.42 Å². The molecule has 1 atom stereocenters. The normalized spacial score (nSPS) is 15.7. The summed E-state index contributed by atoms with van der Waals surface area (Å²) in [4.78, 5) is 44.7. The fourth-order valence-electron chi connectivity index (χ4n) is 3.55. The number of likely N-dealkylation sites (tertiary alicyclic amines) is 1. The van der Waals surface area contributed by atoms with Crippen LogP contribution in [0.2, 0.25) is 0 Å². The van der Waals surface area contributed by atoms with Crippen LogP contribution in [0.1, 0.15) is 12.0 Å². The highest BCUT2D eigenvalue weighted by molar-refractivity contribution is 9.10. The Kier molecular flexibility index (Phi) is 6.63. The number of benzene rings is 2. The number of amides is 2. The standard InChI is InChI=1S/C23H19BrN4O3S/c1-2-10-32-23-25-19-12-17(24)8-9-18(19)22(31)28(23)26-21(30)16-11-20(29)27(14-16)13-15-6-4-3-5-7-15/h1,3-9,12,16H,10-11,13-14H2,(H,26,30). The minimum atomic E-state index is -0.566. The fourth-order valence-corrected chi connectivity index (χ4v) is 4.53. The van der Waals surface area contributed by atoms with E-state index in [2.05, 4.69) is 32.3 Å². The highest BCUT2D eigenvalue weighted by Crippen LogP contribution is 2.23. The van der Waals surface area contributed by atoms with Crippen molar-refractivity contribution in [3.8, 4) is 12.3 Å². The van der Waals surface area contributed by atoms with Gasteiger partial charge in [0.1, 0.15) is 0 Å². The second kappa shape index (κ2) is 9.59. The maximum atomic E-state index is 13.1. The van der Waals surface area contributed by atoms with Crippen LogP contribution in [-0.2, 0) is 16.1 Å². The summed E-state index contributed by atoms with van der Waals surface area (Å²) in [6, 6.07) is 14.7. The number of nitrogens with zero attached hydrogens (tertiary/aromatic N) is 3. The minimum Gasteiger partial charge on any atom is -0.338 e. The zero-order chi connectivity index (χ0) is 22.7. The van der Waals surface area contributed by atoms with Crippen LogP contribution in [0.4, 0.5) is 0 Å². The third-order valence-electron chi connectivity index (χ3n) is 5.11. The molecule has 1 saturated heterocycles. The molecule has 1 aromatic heterocycles. The number of carbonyl (C=O) groups excluding carboxylic acids is 2. The largest absolute Gasteiger partial charge is 0.338 e. The summed E-state index contributed by atoms with van der Waals surface area (Å²) in [7, 11) is 0. The monoisotopic (exact) mass is 510 g/mol. The molecule has 0 radical (unpaired) electrons. The van der Waals surface area contributed by atoms with Gasteiger partial charge in [-0.1, -0.05) is 63.9 Å². The van der Waals surface area contributed by atoms with Gasteiger partial charge in [-0.25, -0.2) is 4.98 Å². The Bertz CT molecular complexity index is 1290. The Morgan fingerprint density at radius 2 is 2.03 bits per heavy atom. The molecule has 3 aromatic rings. The Balaban J connectivity index is 1.57. The van der Waals surface area contributed by atoms with Crippen molar-refractivity contribution in [1.82, 2.24) is 14.6 Å². The van der Waals surface area contributed by atoms with E-state index in [-0.39, 0.29) is 29.8 Å². The molecule has 1 aliphatic heterocycles. The van der Waals surface area contributed by atoms with Gasteiger partial charge in [-0.3, -0.25) is 19.8 Å². The molecule has 9 heteroatoms. The molecular weight excluding hydrogens is 492 g/mol. The van der Waals surface area contributed by atoms with Gasteiger partial charge >= 0.3 is 0 Å². The lowest BCUT2D eigenvalue weighted by atomic mass is 10.1. The third-order valence-corrected chi connectivity index (χ3v) is 6.45. The minimum absolute atomic E-state index is 0.0915. The van der Waals surface area contributed by atoms with E-state index in [1.807, 2.05) is 30.3 Å². The lowest BCUT2D eigenvalue weighted by molar-refractivity contribution is -0.128. The number of aromatic nitrogens is 2. The molecule has 2 aromatic carbocycles. The lowest BCUT2D eigenvalue weighted by Gasteiger charge is -2.18. The van der Waals surface area contributed by atoms with Crippen molar-refractivity contribution in [2.45, 2.75) is 18.1 Å². The summed E-state index contributed by atoms with van der Waals surface area (Å²) < 4.78 is 1.92. The van der Waals surface area contributed by atoms with Gasteiger partial charge in [-0.2, -0.15) is 4.68 Å². The zero-order valence-electron chi connectivity index (χ0n) is 17.0. The van der Waals surface area contributed by atoms with Gasteiger partial charge in [-0.05, 0) is 23.8 Å². The van der Waals surface area contributed by atoms with Gasteiger partial charge in [0.05, 0.1) is 22.6 Å². The number of thioether (sulfide) groups is 1. The summed E-state index contributed by atoms with van der Waals surface area (Å²) >= 11 is 4.56. The molecule has 162 valence electrons. The number of carbonyl (C=O) groups is 2. The van der Waals surface area contributed by atoms with Crippen molar-refractivity contribution >= 4 is 50.4 Å². The number of fused-ring (bicyclic) bond motifs is 1. The topological polar surface area (TPSA) is 84.3 Å². The van der Waals surface area contributed by atoms with Crippen LogP contribution in [0.5, 0.6) is 0 Å². The summed E-state index contributed by atoms with van der Waals surface area (Å²) in [5, 5.41) is 0.657. The average molecular weight is 511 g/mol. The van der Waals surface area contributed by atoms with Crippen molar-refractivity contribution in [3.05, 3.63) is 68.9 Å². The fraction of sp³-hybridized carbons (Fsp3) is 0.217. The summed E-state index contributed by atoms with van der Waals surface area (Å²) in [6.07, 6.45) is 5.46. The van der Waals surface area contributed by atoms with E-state index in [1.165, 1.54) is 11.8 Å². The molecule has 1 N–H and O–H groups in total. The molecule has 1 aliphatic rings. The predicted molar refractivity (Wildman–Crippen MR) is 128 cm³/mol. The molecule has 0 bridgehead atoms. The Labute approximate surface area is 197 Å². The van der Waals surface area contributed by atoms with Crippen LogP contribution in [0, 0.1) is 18.3 Å². The molecule has 7 nitrogen and oxygen atoms in total. The van der Waals surface area contributed by atoms with Crippen LogP contribution in [0.25, 0.3) is 10.9 Å². The van der Waals surface area contributed by atoms with Crippen molar-refractivity contribution in [2.75, 3.05) is 17.7 Å². The third kappa shape index (κ3) is 4.71. The molecule has 2 amide bonds. The maximum absolute atomic E-state index is 13.1. The lowest BCUT2D eigenvalue weighted by Crippen LogP contribution is -2.39. The van der Waals surface area contributed by atoms with Crippen LogP contribution in [0.3, 0.4) is 0 Å². The van der Waals surface area contributed by atoms with E-state index in [0.717, 1.165) is 14.7 Å². The van der Waals surface area contributed by atoms with Crippen molar-refractivity contribution in [1.29, 1.82) is 0 Å². The SMILES string of the molecule is C#CCSc1nc2cc(Br)ccc2c(=O)n1NC(=O)C1CC(=O)N(Cc2ccccc2)C1. The van der Waals surface area contributed by atoms with E-state index in [9.17, 15) is 14.4 Å². The Hall–Kier alpha value is -3.09. The second-order valence-corrected chi connectivity index (χ2v) is 9.18. The number of hydrogen-bond donors (Lipinski definition) is 1. The summed E-state index contributed by atoms with van der Waals surface area (Å²) in [6.45, 7) is 0.730. The van der Waals surface area contributed by atoms with Gasteiger partial charge in [-0.15, -0.1) is 6.42 Å². The first kappa shape index (κ1) is 22.1. The van der Waals surface area contributed by atoms with E-state index < -0.39 is 17.4 Å². The van der Waals surface area contributed by atoms with Crippen LogP contribution in [-0.4, -0.2) is 38.7 Å². The van der Waals surface area contributed by atoms with E-state index in [1.54, 1.807) is 23.1 Å². The first-order valence-electron chi connectivity index (χ1n) is 9.87. The number of nitrogens with one attached hydrogen (secondary N) is 1. The smallest absolute Gasteiger partial charge is 0.281 e. The number of rotatable bonds is 6. The van der Waals surface area contributed by atoms with Crippen LogP contribution < -0.4 is 11.0 Å². The first-order valence-corrected chi connectivity index (χ1v) is 11.7. The van der Waals surface area contributed by atoms with Crippen LogP contribution >= 0.6 is 27.7 Å². The second-order valence-electron chi connectivity index (χ2n) is 7.33. The van der Waals surface area contributed by atoms with Crippen molar-refractivity contribution in [2.24, 2.45) is 5.92 Å². The van der Waals surface area contributed by atoms with Gasteiger partial charge < -0.3 is 4.90 Å². The zero-order valence-corrected chi connectivity index (χ0v) is 19.4. The first-order chi connectivity index (χ1) is 15.5. The molecule has 32 heavy (non-hydrogen) atoms. The Morgan fingerprint density at radius 1 is 1.25 bits per heavy atom. The molecule has 0 aliphatic carbocycles. The molecule has 2 heterocycles. The quantitative estimate of drug-likeness (QED) is 0.313.